The maximum absolute atomic E-state index is 12.2. The smallest absolute Gasteiger partial charge is 0.270 e. The Bertz CT molecular complexity index is 441. The lowest BCUT2D eigenvalue weighted by Gasteiger charge is -2.22. The summed E-state index contributed by atoms with van der Waals surface area (Å²) < 4.78 is 0. The number of carbonyl (C=O) groups excluding carboxylic acids is 1. The highest BCUT2D eigenvalue weighted by atomic mass is 16.1. The summed E-state index contributed by atoms with van der Waals surface area (Å²) in [5, 5.41) is 6.47. The largest absolute Gasteiger partial charge is 0.382 e. The summed E-state index contributed by atoms with van der Waals surface area (Å²) in [5.41, 5.74) is 1.46. The number of amides is 1. The van der Waals surface area contributed by atoms with E-state index in [0.29, 0.717) is 17.8 Å². The Labute approximate surface area is 121 Å². The molecule has 0 bridgehead atoms. The van der Waals surface area contributed by atoms with E-state index >= 15 is 0 Å². The lowest BCUT2D eigenvalue weighted by molar-refractivity contribution is 0.0922. The molecule has 0 aliphatic heterocycles. The molecule has 1 aromatic rings. The lowest BCUT2D eigenvalue weighted by atomic mass is 9.95. The summed E-state index contributed by atoms with van der Waals surface area (Å²) in [6.07, 6.45) is 8.65. The van der Waals surface area contributed by atoms with Crippen LogP contribution in [0.15, 0.2) is 18.3 Å². The van der Waals surface area contributed by atoms with Crippen LogP contribution in [-0.2, 0) is 0 Å². The number of nitrogens with zero attached hydrogens (tertiary/aromatic N) is 1. The molecule has 1 fully saturated rings. The van der Waals surface area contributed by atoms with Crippen LogP contribution in [0.1, 0.15) is 62.9 Å². The molecule has 0 saturated heterocycles. The van der Waals surface area contributed by atoms with Crippen molar-refractivity contribution >= 4 is 11.6 Å². The van der Waals surface area contributed by atoms with Crippen LogP contribution in [0.2, 0.25) is 0 Å². The van der Waals surface area contributed by atoms with Crippen LogP contribution in [-0.4, -0.2) is 23.0 Å². The van der Waals surface area contributed by atoms with Crippen molar-refractivity contribution in [1.29, 1.82) is 0 Å². The Kier molecular flexibility index (Phi) is 5.39. The third kappa shape index (κ3) is 4.22. The van der Waals surface area contributed by atoms with Crippen molar-refractivity contribution in [3.63, 3.8) is 0 Å². The number of anilines is 1. The Balaban J connectivity index is 1.96. The fourth-order valence-corrected chi connectivity index (χ4v) is 2.54. The minimum absolute atomic E-state index is 0.0512. The summed E-state index contributed by atoms with van der Waals surface area (Å²) in [5.74, 6) is -0.0512. The lowest BCUT2D eigenvalue weighted by Crippen LogP contribution is -2.36. The molecule has 4 heteroatoms. The molecule has 0 radical (unpaired) electrons. The van der Waals surface area contributed by atoms with Gasteiger partial charge in [-0.2, -0.15) is 0 Å². The molecule has 0 spiro atoms. The van der Waals surface area contributed by atoms with E-state index in [4.69, 9.17) is 0 Å². The fraction of sp³-hybridized carbons (Fsp3) is 0.625. The van der Waals surface area contributed by atoms with Gasteiger partial charge < -0.3 is 10.6 Å². The highest BCUT2D eigenvalue weighted by Crippen LogP contribution is 2.18. The second-order valence-corrected chi connectivity index (χ2v) is 5.69. The van der Waals surface area contributed by atoms with Crippen molar-refractivity contribution in [1.82, 2.24) is 10.3 Å². The van der Waals surface area contributed by atoms with Crippen molar-refractivity contribution in [2.75, 3.05) is 5.32 Å². The van der Waals surface area contributed by atoms with Crippen molar-refractivity contribution in [3.05, 3.63) is 24.0 Å². The number of hydrogen-bond donors (Lipinski definition) is 2. The van der Waals surface area contributed by atoms with Crippen LogP contribution in [0.5, 0.6) is 0 Å². The monoisotopic (exact) mass is 275 g/mol. The molecule has 1 aliphatic carbocycles. The van der Waals surface area contributed by atoms with Gasteiger partial charge in [-0.25, -0.2) is 0 Å². The van der Waals surface area contributed by atoms with Gasteiger partial charge in [0.05, 0.1) is 0 Å². The average molecular weight is 275 g/mol. The van der Waals surface area contributed by atoms with Gasteiger partial charge in [0.2, 0.25) is 0 Å². The first-order chi connectivity index (χ1) is 9.69. The molecule has 1 amide bonds. The maximum Gasteiger partial charge on any atom is 0.270 e. The SMILES string of the molecule is CCC(C)Nc1ccnc(C(=O)NC2CCCCC2)c1. The van der Waals surface area contributed by atoms with E-state index in [-0.39, 0.29) is 5.91 Å². The first-order valence-corrected chi connectivity index (χ1v) is 7.72. The molecule has 1 heterocycles. The quantitative estimate of drug-likeness (QED) is 0.866. The number of aromatic nitrogens is 1. The Morgan fingerprint density at radius 3 is 2.85 bits per heavy atom. The number of hydrogen-bond acceptors (Lipinski definition) is 3. The minimum Gasteiger partial charge on any atom is -0.382 e. The Hall–Kier alpha value is -1.58. The zero-order valence-electron chi connectivity index (χ0n) is 12.5. The van der Waals surface area contributed by atoms with Gasteiger partial charge in [0.1, 0.15) is 5.69 Å². The van der Waals surface area contributed by atoms with Crippen molar-refractivity contribution < 1.29 is 4.79 Å². The maximum atomic E-state index is 12.2. The van der Waals surface area contributed by atoms with E-state index in [9.17, 15) is 4.79 Å². The summed E-state index contributed by atoms with van der Waals surface area (Å²) in [6.45, 7) is 4.26. The van der Waals surface area contributed by atoms with E-state index in [1.54, 1.807) is 6.20 Å². The highest BCUT2D eigenvalue weighted by Gasteiger charge is 2.17. The molecule has 1 unspecified atom stereocenters. The van der Waals surface area contributed by atoms with Gasteiger partial charge in [-0.1, -0.05) is 26.2 Å². The zero-order chi connectivity index (χ0) is 14.4. The van der Waals surface area contributed by atoms with Gasteiger partial charge in [-0.05, 0) is 38.3 Å². The summed E-state index contributed by atoms with van der Waals surface area (Å²) in [6, 6.07) is 4.46. The van der Waals surface area contributed by atoms with Crippen LogP contribution in [0.4, 0.5) is 5.69 Å². The number of pyridine rings is 1. The molecule has 4 nitrogen and oxygen atoms in total. The van der Waals surface area contributed by atoms with E-state index in [0.717, 1.165) is 24.9 Å². The zero-order valence-corrected chi connectivity index (χ0v) is 12.5. The van der Waals surface area contributed by atoms with Gasteiger partial charge in [0.25, 0.3) is 5.91 Å². The minimum atomic E-state index is -0.0512. The standard InChI is InChI=1S/C16H25N3O/c1-3-12(2)18-14-9-10-17-15(11-14)16(20)19-13-7-5-4-6-8-13/h9-13H,3-8H2,1-2H3,(H,17,18)(H,19,20). The van der Waals surface area contributed by atoms with Gasteiger partial charge in [-0.15, -0.1) is 0 Å². The molecule has 1 aromatic heterocycles. The molecular weight excluding hydrogens is 250 g/mol. The number of rotatable bonds is 5. The predicted octanol–water partition coefficient (Wildman–Crippen LogP) is 3.35. The van der Waals surface area contributed by atoms with Gasteiger partial charge in [-0.3, -0.25) is 9.78 Å². The third-order valence-corrected chi connectivity index (χ3v) is 3.96. The number of carbonyl (C=O) groups is 1. The highest BCUT2D eigenvalue weighted by molar-refractivity contribution is 5.93. The summed E-state index contributed by atoms with van der Waals surface area (Å²) in [7, 11) is 0. The van der Waals surface area contributed by atoms with Gasteiger partial charge in [0, 0.05) is 24.0 Å². The molecule has 2 N–H and O–H groups in total. The van der Waals surface area contributed by atoms with Crippen LogP contribution in [0, 0.1) is 0 Å². The van der Waals surface area contributed by atoms with Crippen LogP contribution in [0.3, 0.4) is 0 Å². The molecule has 1 aliphatic rings. The number of nitrogens with one attached hydrogen (secondary N) is 2. The molecular formula is C16H25N3O. The first kappa shape index (κ1) is 14.8. The first-order valence-electron chi connectivity index (χ1n) is 7.72. The predicted molar refractivity (Wildman–Crippen MR) is 82.0 cm³/mol. The fourth-order valence-electron chi connectivity index (χ4n) is 2.54. The molecule has 0 aromatic carbocycles. The van der Waals surface area contributed by atoms with Crippen molar-refractivity contribution in [3.8, 4) is 0 Å². The Morgan fingerprint density at radius 2 is 2.15 bits per heavy atom. The van der Waals surface area contributed by atoms with E-state index in [1.807, 2.05) is 12.1 Å². The molecule has 110 valence electrons. The molecule has 1 atom stereocenters. The van der Waals surface area contributed by atoms with E-state index in [2.05, 4.69) is 29.5 Å². The molecule has 20 heavy (non-hydrogen) atoms. The van der Waals surface area contributed by atoms with Crippen LogP contribution >= 0.6 is 0 Å². The topological polar surface area (TPSA) is 54.0 Å². The van der Waals surface area contributed by atoms with Gasteiger partial charge in [0.15, 0.2) is 0 Å². The van der Waals surface area contributed by atoms with Crippen molar-refractivity contribution in [2.24, 2.45) is 0 Å². The second-order valence-electron chi connectivity index (χ2n) is 5.69. The van der Waals surface area contributed by atoms with Crippen LogP contribution < -0.4 is 10.6 Å². The second kappa shape index (κ2) is 7.27. The summed E-state index contributed by atoms with van der Waals surface area (Å²) in [4.78, 5) is 16.4. The molecule has 1 saturated carbocycles. The van der Waals surface area contributed by atoms with E-state index < -0.39 is 0 Å². The van der Waals surface area contributed by atoms with Gasteiger partial charge >= 0.3 is 0 Å². The third-order valence-electron chi connectivity index (χ3n) is 3.96. The van der Waals surface area contributed by atoms with Crippen molar-refractivity contribution in [2.45, 2.75) is 64.5 Å². The van der Waals surface area contributed by atoms with E-state index in [1.165, 1.54) is 19.3 Å². The normalized spacial score (nSPS) is 17.5. The summed E-state index contributed by atoms with van der Waals surface area (Å²) >= 11 is 0. The molecule has 2 rings (SSSR count). The average Bonchev–Trinajstić information content (AvgIpc) is 2.48. The van der Waals surface area contributed by atoms with Crippen LogP contribution in [0.25, 0.3) is 0 Å². The Morgan fingerprint density at radius 1 is 1.40 bits per heavy atom.